The zero-order chi connectivity index (χ0) is 21.5. The van der Waals surface area contributed by atoms with Gasteiger partial charge in [0.05, 0.1) is 17.5 Å². The summed E-state index contributed by atoms with van der Waals surface area (Å²) < 4.78 is 49.0. The molecule has 0 aliphatic carbocycles. The summed E-state index contributed by atoms with van der Waals surface area (Å²) in [5, 5.41) is 13.6. The highest BCUT2D eigenvalue weighted by molar-refractivity contribution is 6.34. The van der Waals surface area contributed by atoms with Crippen LogP contribution in [0, 0.1) is 11.3 Å². The van der Waals surface area contributed by atoms with Crippen molar-refractivity contribution < 1.29 is 17.9 Å². The Bertz CT molecular complexity index is 1170. The number of nitrogens with zero attached hydrogens (tertiary/aromatic N) is 4. The van der Waals surface area contributed by atoms with Crippen LogP contribution in [0.2, 0.25) is 10.0 Å². The molecule has 0 N–H and O–H groups in total. The van der Waals surface area contributed by atoms with Crippen molar-refractivity contribution in [3.8, 4) is 11.8 Å². The molecule has 0 amide bonds. The van der Waals surface area contributed by atoms with Gasteiger partial charge >= 0.3 is 6.18 Å². The van der Waals surface area contributed by atoms with E-state index in [1.54, 1.807) is 12.1 Å². The van der Waals surface area contributed by atoms with E-state index in [1.807, 2.05) is 6.07 Å². The van der Waals surface area contributed by atoms with E-state index in [4.69, 9.17) is 27.9 Å². The van der Waals surface area contributed by atoms with Gasteiger partial charge in [-0.05, 0) is 41.5 Å². The maximum Gasteiger partial charge on any atom is 0.432 e. The molecule has 1 aliphatic rings. The number of benzene rings is 2. The molecule has 1 aromatic heterocycles. The van der Waals surface area contributed by atoms with Gasteiger partial charge in [-0.25, -0.2) is 9.67 Å². The van der Waals surface area contributed by atoms with Crippen molar-refractivity contribution >= 4 is 28.8 Å². The SMILES string of the molecule is N#Cc1cc(C2=CO[C@@](c3cc(Cl)cc(Cl)c3)(C(F)(F)F)C2)ccc1-n1cncn1. The zero-order valence-corrected chi connectivity index (χ0v) is 16.5. The fourth-order valence-electron chi connectivity index (χ4n) is 3.34. The Morgan fingerprint density at radius 1 is 1.13 bits per heavy atom. The first-order valence-electron chi connectivity index (χ1n) is 8.53. The quantitative estimate of drug-likeness (QED) is 0.515. The second-order valence-electron chi connectivity index (χ2n) is 6.60. The molecule has 0 radical (unpaired) electrons. The fourth-order valence-corrected chi connectivity index (χ4v) is 3.86. The van der Waals surface area contributed by atoms with Crippen molar-refractivity contribution in [2.45, 2.75) is 18.2 Å². The summed E-state index contributed by atoms with van der Waals surface area (Å²) >= 11 is 11.9. The van der Waals surface area contributed by atoms with E-state index >= 15 is 0 Å². The summed E-state index contributed by atoms with van der Waals surface area (Å²) in [5.74, 6) is 0. The molecule has 0 bridgehead atoms. The first-order valence-corrected chi connectivity index (χ1v) is 9.29. The van der Waals surface area contributed by atoms with Gasteiger partial charge in [-0.15, -0.1) is 0 Å². The highest BCUT2D eigenvalue weighted by Crippen LogP contribution is 2.52. The lowest BCUT2D eigenvalue weighted by atomic mass is 9.86. The van der Waals surface area contributed by atoms with E-state index in [0.29, 0.717) is 11.3 Å². The van der Waals surface area contributed by atoms with Crippen LogP contribution in [0.25, 0.3) is 11.3 Å². The van der Waals surface area contributed by atoms with Crippen LogP contribution in [0.5, 0.6) is 0 Å². The van der Waals surface area contributed by atoms with Crippen molar-refractivity contribution in [1.29, 1.82) is 5.26 Å². The Balaban J connectivity index is 1.74. The summed E-state index contributed by atoms with van der Waals surface area (Å²) in [4.78, 5) is 3.83. The predicted molar refractivity (Wildman–Crippen MR) is 104 cm³/mol. The van der Waals surface area contributed by atoms with Gasteiger partial charge in [0, 0.05) is 22.0 Å². The van der Waals surface area contributed by atoms with Gasteiger partial charge in [0.25, 0.3) is 0 Å². The second kappa shape index (κ2) is 7.35. The Kier molecular flexibility index (Phi) is 4.96. The lowest BCUT2D eigenvalue weighted by Gasteiger charge is -2.32. The van der Waals surface area contributed by atoms with E-state index in [0.717, 1.165) is 6.26 Å². The van der Waals surface area contributed by atoms with Crippen LogP contribution in [-0.2, 0) is 10.3 Å². The molecule has 3 aromatic rings. The number of rotatable bonds is 3. The van der Waals surface area contributed by atoms with E-state index in [9.17, 15) is 18.4 Å². The van der Waals surface area contributed by atoms with Gasteiger partial charge in [-0.2, -0.15) is 23.5 Å². The molecular formula is C20H11Cl2F3N4O. The molecule has 10 heteroatoms. The van der Waals surface area contributed by atoms with Gasteiger partial charge in [-0.1, -0.05) is 29.3 Å². The van der Waals surface area contributed by atoms with Crippen molar-refractivity contribution in [2.75, 3.05) is 0 Å². The Morgan fingerprint density at radius 2 is 1.87 bits per heavy atom. The zero-order valence-electron chi connectivity index (χ0n) is 15.0. The third-order valence-corrected chi connectivity index (χ3v) is 5.22. The van der Waals surface area contributed by atoms with E-state index < -0.39 is 18.2 Å². The molecule has 4 rings (SSSR count). The van der Waals surface area contributed by atoms with Crippen molar-refractivity contribution in [1.82, 2.24) is 14.8 Å². The molecule has 0 saturated carbocycles. The van der Waals surface area contributed by atoms with Crippen LogP contribution in [0.3, 0.4) is 0 Å². The van der Waals surface area contributed by atoms with Crippen molar-refractivity contribution in [3.05, 3.63) is 82.1 Å². The number of nitriles is 1. The summed E-state index contributed by atoms with van der Waals surface area (Å²) in [6.45, 7) is 0. The monoisotopic (exact) mass is 450 g/mol. The van der Waals surface area contributed by atoms with Gasteiger partial charge in [0.15, 0.2) is 0 Å². The molecule has 152 valence electrons. The van der Waals surface area contributed by atoms with E-state index in [-0.39, 0.29) is 26.7 Å². The standard InChI is InChI=1S/C20H11Cl2F3N4O/c21-16-4-15(5-17(22)6-16)19(20(23,24)25)7-14(9-30-19)12-1-2-18(13(3-12)8-26)29-11-27-10-28-29/h1-6,9-11H,7H2/t19-/m0/s1. The molecule has 1 atom stereocenters. The minimum atomic E-state index is -4.74. The highest BCUT2D eigenvalue weighted by Gasteiger charge is 2.60. The van der Waals surface area contributed by atoms with Crippen LogP contribution < -0.4 is 0 Å². The van der Waals surface area contributed by atoms with Crippen LogP contribution in [-0.4, -0.2) is 20.9 Å². The second-order valence-corrected chi connectivity index (χ2v) is 7.48. The third-order valence-electron chi connectivity index (χ3n) is 4.78. The topological polar surface area (TPSA) is 63.7 Å². The largest absolute Gasteiger partial charge is 0.480 e. The normalized spacial score (nSPS) is 18.6. The summed E-state index contributed by atoms with van der Waals surface area (Å²) in [7, 11) is 0. The van der Waals surface area contributed by atoms with Crippen LogP contribution in [0.1, 0.15) is 23.1 Å². The summed E-state index contributed by atoms with van der Waals surface area (Å²) in [6.07, 6.45) is -1.44. The highest BCUT2D eigenvalue weighted by atomic mass is 35.5. The molecular weight excluding hydrogens is 440 g/mol. The number of halogens is 5. The first kappa shape index (κ1) is 20.3. The average molecular weight is 451 g/mol. The molecule has 0 unspecified atom stereocenters. The number of aromatic nitrogens is 3. The number of hydrogen-bond acceptors (Lipinski definition) is 4. The maximum absolute atomic E-state index is 14.1. The minimum Gasteiger partial charge on any atom is -0.480 e. The minimum absolute atomic E-state index is 0.0714. The number of ether oxygens (including phenoxy) is 1. The maximum atomic E-state index is 14.1. The molecule has 2 heterocycles. The van der Waals surface area contributed by atoms with Gasteiger partial charge in [-0.3, -0.25) is 0 Å². The van der Waals surface area contributed by atoms with Crippen molar-refractivity contribution in [3.63, 3.8) is 0 Å². The average Bonchev–Trinajstić information content (AvgIpc) is 3.37. The first-order chi connectivity index (χ1) is 14.2. The molecule has 0 fully saturated rings. The number of hydrogen-bond donors (Lipinski definition) is 0. The van der Waals surface area contributed by atoms with Gasteiger partial charge < -0.3 is 4.74 Å². The van der Waals surface area contributed by atoms with E-state index in [1.165, 1.54) is 41.6 Å². The predicted octanol–water partition coefficient (Wildman–Crippen LogP) is 5.66. The lowest BCUT2D eigenvalue weighted by Crippen LogP contribution is -2.42. The van der Waals surface area contributed by atoms with Gasteiger partial charge in [0.2, 0.25) is 5.60 Å². The van der Waals surface area contributed by atoms with Crippen LogP contribution in [0.4, 0.5) is 13.2 Å². The lowest BCUT2D eigenvalue weighted by molar-refractivity contribution is -0.260. The molecule has 1 aliphatic heterocycles. The Labute approximate surface area is 178 Å². The van der Waals surface area contributed by atoms with E-state index in [2.05, 4.69) is 10.1 Å². The Morgan fingerprint density at radius 3 is 2.47 bits per heavy atom. The van der Waals surface area contributed by atoms with Crippen LogP contribution in [0.15, 0.2) is 55.3 Å². The van der Waals surface area contributed by atoms with Crippen molar-refractivity contribution in [2.24, 2.45) is 0 Å². The van der Waals surface area contributed by atoms with Crippen LogP contribution >= 0.6 is 23.2 Å². The summed E-state index contributed by atoms with van der Waals surface area (Å²) in [6, 6.07) is 10.4. The summed E-state index contributed by atoms with van der Waals surface area (Å²) in [5.41, 5.74) is -1.43. The third kappa shape index (κ3) is 3.40. The fraction of sp³-hybridized carbons (Fsp3) is 0.150. The molecule has 5 nitrogen and oxygen atoms in total. The molecule has 0 saturated heterocycles. The van der Waals surface area contributed by atoms with Gasteiger partial charge in [0.1, 0.15) is 18.7 Å². The Hall–Kier alpha value is -3.02. The molecule has 2 aromatic carbocycles. The molecule has 30 heavy (non-hydrogen) atoms. The smallest absolute Gasteiger partial charge is 0.432 e. The number of alkyl halides is 3. The molecule has 0 spiro atoms.